The second-order valence-electron chi connectivity index (χ2n) is 4.04. The molecule has 0 aliphatic heterocycles. The molecule has 0 bridgehead atoms. The third kappa shape index (κ3) is 2.30. The molecule has 0 aromatic carbocycles. The van der Waals surface area contributed by atoms with Gasteiger partial charge < -0.3 is 5.32 Å². The topological polar surface area (TPSA) is 12.0 Å². The maximum atomic E-state index is 5.90. The zero-order valence-electron chi connectivity index (χ0n) is 8.59. The van der Waals surface area contributed by atoms with Gasteiger partial charge in [-0.05, 0) is 31.4 Å². The van der Waals surface area contributed by atoms with Crippen LogP contribution < -0.4 is 5.32 Å². The van der Waals surface area contributed by atoms with Crippen LogP contribution in [0, 0.1) is 5.92 Å². The maximum absolute atomic E-state index is 5.90. The summed E-state index contributed by atoms with van der Waals surface area (Å²) in [6.07, 6.45) is 2.65. The van der Waals surface area contributed by atoms with E-state index in [4.69, 9.17) is 11.6 Å². The Labute approximate surface area is 94.5 Å². The SMILES string of the molecule is CCC1CC1NC(C)c1ccc(Cl)s1. The quantitative estimate of drug-likeness (QED) is 0.827. The number of rotatable bonds is 4. The predicted octanol–water partition coefficient (Wildman–Crippen LogP) is 3.85. The molecule has 0 saturated heterocycles. The summed E-state index contributed by atoms with van der Waals surface area (Å²) in [5, 5.41) is 3.64. The summed E-state index contributed by atoms with van der Waals surface area (Å²) in [6.45, 7) is 4.48. The Bertz CT molecular complexity index is 310. The van der Waals surface area contributed by atoms with E-state index < -0.39 is 0 Å². The van der Waals surface area contributed by atoms with Gasteiger partial charge >= 0.3 is 0 Å². The normalized spacial score (nSPS) is 27.6. The molecule has 1 aromatic heterocycles. The van der Waals surface area contributed by atoms with Gasteiger partial charge in [0.15, 0.2) is 0 Å². The van der Waals surface area contributed by atoms with E-state index in [2.05, 4.69) is 25.2 Å². The van der Waals surface area contributed by atoms with E-state index in [-0.39, 0.29) is 0 Å². The van der Waals surface area contributed by atoms with Crippen molar-refractivity contribution in [1.29, 1.82) is 0 Å². The molecule has 0 amide bonds. The lowest BCUT2D eigenvalue weighted by atomic mass is 10.2. The van der Waals surface area contributed by atoms with Crippen LogP contribution in [0.1, 0.15) is 37.6 Å². The van der Waals surface area contributed by atoms with E-state index in [1.54, 1.807) is 11.3 Å². The van der Waals surface area contributed by atoms with Crippen LogP contribution in [0.2, 0.25) is 4.34 Å². The predicted molar refractivity (Wildman–Crippen MR) is 63.1 cm³/mol. The highest BCUT2D eigenvalue weighted by atomic mass is 35.5. The van der Waals surface area contributed by atoms with Crippen molar-refractivity contribution < 1.29 is 0 Å². The van der Waals surface area contributed by atoms with E-state index in [1.807, 2.05) is 6.07 Å². The Balaban J connectivity index is 1.87. The highest BCUT2D eigenvalue weighted by Gasteiger charge is 2.35. The number of hydrogen-bond donors (Lipinski definition) is 1. The van der Waals surface area contributed by atoms with Crippen molar-refractivity contribution in [3.63, 3.8) is 0 Å². The van der Waals surface area contributed by atoms with Crippen LogP contribution in [0.3, 0.4) is 0 Å². The average molecular weight is 230 g/mol. The molecule has 1 aliphatic rings. The average Bonchev–Trinajstić information content (AvgIpc) is 2.77. The van der Waals surface area contributed by atoms with E-state index in [0.717, 1.165) is 16.3 Å². The molecule has 3 unspecified atom stereocenters. The lowest BCUT2D eigenvalue weighted by Gasteiger charge is -2.11. The third-order valence-electron chi connectivity index (χ3n) is 2.93. The lowest BCUT2D eigenvalue weighted by molar-refractivity contribution is 0.545. The molecule has 3 heteroatoms. The molecule has 1 aliphatic carbocycles. The highest BCUT2D eigenvalue weighted by Crippen LogP contribution is 2.36. The van der Waals surface area contributed by atoms with Gasteiger partial charge in [-0.15, -0.1) is 11.3 Å². The van der Waals surface area contributed by atoms with Gasteiger partial charge in [-0.1, -0.05) is 24.9 Å². The number of nitrogens with one attached hydrogen (secondary N) is 1. The first kappa shape index (κ1) is 10.5. The summed E-state index contributed by atoms with van der Waals surface area (Å²) in [5.74, 6) is 0.910. The second-order valence-corrected chi connectivity index (χ2v) is 5.79. The van der Waals surface area contributed by atoms with E-state index >= 15 is 0 Å². The van der Waals surface area contributed by atoms with Gasteiger partial charge in [0.1, 0.15) is 0 Å². The van der Waals surface area contributed by atoms with Crippen molar-refractivity contribution in [3.05, 3.63) is 21.3 Å². The van der Waals surface area contributed by atoms with Crippen LogP contribution in [0.25, 0.3) is 0 Å². The van der Waals surface area contributed by atoms with Gasteiger partial charge in [-0.25, -0.2) is 0 Å². The van der Waals surface area contributed by atoms with E-state index in [0.29, 0.717) is 6.04 Å². The molecular formula is C11H16ClNS. The van der Waals surface area contributed by atoms with Gasteiger partial charge in [-0.2, -0.15) is 0 Å². The van der Waals surface area contributed by atoms with Gasteiger partial charge in [0.05, 0.1) is 4.34 Å². The minimum atomic E-state index is 0.453. The number of halogens is 1. The van der Waals surface area contributed by atoms with E-state index in [1.165, 1.54) is 17.7 Å². The van der Waals surface area contributed by atoms with Crippen molar-refractivity contribution >= 4 is 22.9 Å². The first-order chi connectivity index (χ1) is 6.70. The highest BCUT2D eigenvalue weighted by molar-refractivity contribution is 7.16. The molecule has 1 fully saturated rings. The zero-order valence-corrected chi connectivity index (χ0v) is 10.2. The summed E-state index contributed by atoms with van der Waals surface area (Å²) >= 11 is 7.58. The van der Waals surface area contributed by atoms with Crippen LogP contribution in [0.5, 0.6) is 0 Å². The van der Waals surface area contributed by atoms with Crippen LogP contribution in [-0.4, -0.2) is 6.04 Å². The Morgan fingerprint density at radius 2 is 2.43 bits per heavy atom. The fraction of sp³-hybridized carbons (Fsp3) is 0.636. The molecule has 0 spiro atoms. The van der Waals surface area contributed by atoms with Crippen molar-refractivity contribution in [2.45, 2.75) is 38.8 Å². The molecule has 0 radical (unpaired) electrons. The fourth-order valence-corrected chi connectivity index (χ4v) is 2.94. The first-order valence-corrected chi connectivity index (χ1v) is 6.41. The first-order valence-electron chi connectivity index (χ1n) is 5.22. The molecule has 1 N–H and O–H groups in total. The van der Waals surface area contributed by atoms with Crippen molar-refractivity contribution in [1.82, 2.24) is 5.32 Å². The third-order valence-corrected chi connectivity index (χ3v) is 4.35. The smallest absolute Gasteiger partial charge is 0.0931 e. The van der Waals surface area contributed by atoms with Crippen molar-refractivity contribution in [2.75, 3.05) is 0 Å². The maximum Gasteiger partial charge on any atom is 0.0931 e. The fourth-order valence-electron chi connectivity index (χ4n) is 1.87. The minimum absolute atomic E-state index is 0.453. The summed E-state index contributed by atoms with van der Waals surface area (Å²) in [7, 11) is 0. The van der Waals surface area contributed by atoms with Crippen LogP contribution in [-0.2, 0) is 0 Å². The molecule has 3 atom stereocenters. The van der Waals surface area contributed by atoms with Crippen LogP contribution in [0.15, 0.2) is 12.1 Å². The van der Waals surface area contributed by atoms with Crippen molar-refractivity contribution in [2.24, 2.45) is 5.92 Å². The van der Waals surface area contributed by atoms with Crippen LogP contribution in [0.4, 0.5) is 0 Å². The molecule has 1 nitrogen and oxygen atoms in total. The molecule has 1 saturated carbocycles. The van der Waals surface area contributed by atoms with Crippen molar-refractivity contribution in [3.8, 4) is 0 Å². The molecule has 2 rings (SSSR count). The standard InChI is InChI=1S/C11H16ClNS/c1-3-8-6-9(8)13-7(2)10-4-5-11(12)14-10/h4-5,7-9,13H,3,6H2,1-2H3. The minimum Gasteiger partial charge on any atom is -0.306 e. The molecular weight excluding hydrogens is 214 g/mol. The van der Waals surface area contributed by atoms with Gasteiger partial charge in [0, 0.05) is 17.0 Å². The second kappa shape index (κ2) is 4.21. The summed E-state index contributed by atoms with van der Waals surface area (Å²) in [6, 6.07) is 5.29. The van der Waals surface area contributed by atoms with E-state index in [9.17, 15) is 0 Å². The molecule has 78 valence electrons. The Kier molecular flexibility index (Phi) is 3.15. The van der Waals surface area contributed by atoms with Gasteiger partial charge in [0.25, 0.3) is 0 Å². The summed E-state index contributed by atoms with van der Waals surface area (Å²) in [4.78, 5) is 1.34. The van der Waals surface area contributed by atoms with Crippen LogP contribution >= 0.6 is 22.9 Å². The van der Waals surface area contributed by atoms with Gasteiger partial charge in [-0.3, -0.25) is 0 Å². The lowest BCUT2D eigenvalue weighted by Crippen LogP contribution is -2.21. The Morgan fingerprint density at radius 1 is 1.64 bits per heavy atom. The molecule has 1 aromatic rings. The zero-order chi connectivity index (χ0) is 10.1. The number of thiophene rings is 1. The molecule has 1 heterocycles. The summed E-state index contributed by atoms with van der Waals surface area (Å²) in [5.41, 5.74) is 0. The number of hydrogen-bond acceptors (Lipinski definition) is 2. The Morgan fingerprint density at radius 3 is 2.93 bits per heavy atom. The summed E-state index contributed by atoms with van der Waals surface area (Å²) < 4.78 is 0.886. The van der Waals surface area contributed by atoms with Gasteiger partial charge in [0.2, 0.25) is 0 Å². The largest absolute Gasteiger partial charge is 0.306 e. The molecule has 14 heavy (non-hydrogen) atoms. The Hall–Kier alpha value is -0.0500. The monoisotopic (exact) mass is 229 g/mol.